The summed E-state index contributed by atoms with van der Waals surface area (Å²) in [5.41, 5.74) is 1.80. The fraction of sp³-hybridized carbons (Fsp3) is 0.211. The van der Waals surface area contributed by atoms with Gasteiger partial charge in [0.1, 0.15) is 0 Å². The molecular formula is C19H16ClN3O3S. The molecule has 0 spiro atoms. The van der Waals surface area contributed by atoms with Gasteiger partial charge in [-0.05, 0) is 42.0 Å². The van der Waals surface area contributed by atoms with Gasteiger partial charge < -0.3 is 9.47 Å². The van der Waals surface area contributed by atoms with Gasteiger partial charge in [-0.1, -0.05) is 29.4 Å². The summed E-state index contributed by atoms with van der Waals surface area (Å²) in [6.45, 7) is 0. The Hall–Kier alpha value is -2.51. The van der Waals surface area contributed by atoms with Crippen molar-refractivity contribution in [2.24, 2.45) is 0 Å². The molecule has 0 fully saturated rings. The number of rotatable bonds is 4. The van der Waals surface area contributed by atoms with E-state index in [-0.39, 0.29) is 11.2 Å². The predicted molar refractivity (Wildman–Crippen MR) is 104 cm³/mol. The number of carbonyl (C=O) groups is 1. The summed E-state index contributed by atoms with van der Waals surface area (Å²) in [4.78, 5) is 17.2. The third-order valence-corrected chi connectivity index (χ3v) is 5.75. The number of carbonyl (C=O) groups excluding carboxylic acids is 1. The number of halogens is 1. The Bertz CT molecular complexity index is 1000. The largest absolute Gasteiger partial charge is 0.493 e. The van der Waals surface area contributed by atoms with Crippen LogP contribution in [0, 0.1) is 0 Å². The Morgan fingerprint density at radius 1 is 1.11 bits per heavy atom. The van der Waals surface area contributed by atoms with Crippen molar-refractivity contribution in [3.8, 4) is 22.9 Å². The molecule has 2 heterocycles. The summed E-state index contributed by atoms with van der Waals surface area (Å²) in [5.74, 6) is 1.71. The van der Waals surface area contributed by atoms with Crippen LogP contribution in [0.15, 0.2) is 47.6 Å². The zero-order valence-corrected chi connectivity index (χ0v) is 16.3. The van der Waals surface area contributed by atoms with E-state index in [2.05, 4.69) is 10.1 Å². The van der Waals surface area contributed by atoms with Crippen LogP contribution in [-0.2, 0) is 0 Å². The lowest BCUT2D eigenvalue weighted by Gasteiger charge is -2.21. The number of methoxy groups -OCH3 is 2. The molecule has 1 aliphatic rings. The van der Waals surface area contributed by atoms with Gasteiger partial charge in [-0.3, -0.25) is 4.79 Å². The highest BCUT2D eigenvalue weighted by molar-refractivity contribution is 7.99. The van der Waals surface area contributed by atoms with Crippen LogP contribution in [-0.4, -0.2) is 34.9 Å². The number of thioether (sulfide) groups is 1. The quantitative estimate of drug-likeness (QED) is 0.641. The summed E-state index contributed by atoms with van der Waals surface area (Å²) in [7, 11) is 3.19. The number of hydrogen-bond acceptors (Lipinski definition) is 6. The first kappa shape index (κ1) is 17.9. The van der Waals surface area contributed by atoms with Gasteiger partial charge in [0.05, 0.1) is 14.2 Å². The van der Waals surface area contributed by atoms with E-state index in [1.165, 1.54) is 16.4 Å². The molecule has 1 aromatic heterocycles. The molecule has 0 saturated heterocycles. The maximum absolute atomic E-state index is 12.6. The minimum Gasteiger partial charge on any atom is -0.493 e. The molecule has 0 unspecified atom stereocenters. The number of hydrogen-bond donors (Lipinski definition) is 0. The maximum atomic E-state index is 12.6. The molecule has 138 valence electrons. The van der Waals surface area contributed by atoms with Crippen molar-refractivity contribution >= 4 is 29.3 Å². The lowest BCUT2D eigenvalue weighted by Crippen LogP contribution is -2.21. The van der Waals surface area contributed by atoms with Gasteiger partial charge in [0.15, 0.2) is 22.5 Å². The third kappa shape index (κ3) is 3.40. The molecule has 0 N–H and O–H groups in total. The van der Waals surface area contributed by atoms with Gasteiger partial charge in [-0.2, -0.15) is 4.68 Å². The molecule has 27 heavy (non-hydrogen) atoms. The van der Waals surface area contributed by atoms with Gasteiger partial charge >= 0.3 is 0 Å². The Kier molecular flexibility index (Phi) is 4.80. The molecular weight excluding hydrogens is 386 g/mol. The van der Waals surface area contributed by atoms with Gasteiger partial charge in [0.25, 0.3) is 5.91 Å². The smallest absolute Gasteiger partial charge is 0.250 e. The average Bonchev–Trinajstić information content (AvgIpc) is 3.12. The van der Waals surface area contributed by atoms with Crippen LogP contribution in [0.3, 0.4) is 0 Å². The van der Waals surface area contributed by atoms with Crippen LogP contribution in [0.1, 0.15) is 22.0 Å². The Morgan fingerprint density at radius 3 is 2.56 bits per heavy atom. The zero-order chi connectivity index (χ0) is 19.0. The first-order valence-electron chi connectivity index (χ1n) is 8.24. The van der Waals surface area contributed by atoms with Crippen LogP contribution in [0.2, 0.25) is 5.02 Å². The molecule has 8 heteroatoms. The van der Waals surface area contributed by atoms with Crippen LogP contribution in [0.4, 0.5) is 0 Å². The van der Waals surface area contributed by atoms with Gasteiger partial charge in [0, 0.05) is 22.3 Å². The van der Waals surface area contributed by atoms with Crippen molar-refractivity contribution in [2.75, 3.05) is 14.2 Å². The van der Waals surface area contributed by atoms with Crippen molar-refractivity contribution in [1.82, 2.24) is 14.8 Å². The molecule has 1 aliphatic heterocycles. The SMILES string of the molecule is COc1ccc([C@@H]2CC(=O)n3nc(-c4ccc(Cl)cc4)nc3S2)cc1OC. The highest BCUT2D eigenvalue weighted by Gasteiger charge is 2.30. The number of ether oxygens (including phenoxy) is 2. The average molecular weight is 402 g/mol. The summed E-state index contributed by atoms with van der Waals surface area (Å²) in [5, 5.41) is 5.53. The number of nitrogens with zero attached hydrogens (tertiary/aromatic N) is 3. The van der Waals surface area contributed by atoms with Gasteiger partial charge in [0.2, 0.25) is 0 Å². The molecule has 0 radical (unpaired) electrons. The minimum atomic E-state index is -0.0868. The second-order valence-corrected chi connectivity index (χ2v) is 7.56. The Balaban J connectivity index is 1.65. The Labute approximate surface area is 165 Å². The molecule has 0 amide bonds. The monoisotopic (exact) mass is 401 g/mol. The topological polar surface area (TPSA) is 66.2 Å². The molecule has 6 nitrogen and oxygen atoms in total. The van der Waals surface area contributed by atoms with E-state index >= 15 is 0 Å². The summed E-state index contributed by atoms with van der Waals surface area (Å²) in [6.07, 6.45) is 0.330. The zero-order valence-electron chi connectivity index (χ0n) is 14.7. The van der Waals surface area contributed by atoms with E-state index < -0.39 is 0 Å². The molecule has 3 aromatic rings. The number of fused-ring (bicyclic) bond motifs is 1. The highest BCUT2D eigenvalue weighted by atomic mass is 35.5. The fourth-order valence-corrected chi connectivity index (χ4v) is 4.18. The molecule has 2 aromatic carbocycles. The van der Waals surface area contributed by atoms with Crippen molar-refractivity contribution in [2.45, 2.75) is 16.8 Å². The van der Waals surface area contributed by atoms with Crippen LogP contribution in [0.5, 0.6) is 11.5 Å². The Morgan fingerprint density at radius 2 is 1.85 bits per heavy atom. The van der Waals surface area contributed by atoms with Crippen molar-refractivity contribution in [1.29, 1.82) is 0 Å². The normalized spacial score (nSPS) is 16.1. The second-order valence-electron chi connectivity index (χ2n) is 5.96. The molecule has 0 bridgehead atoms. The van der Waals surface area contributed by atoms with Crippen molar-refractivity contribution in [3.05, 3.63) is 53.1 Å². The van der Waals surface area contributed by atoms with E-state index in [0.29, 0.717) is 33.9 Å². The van der Waals surface area contributed by atoms with E-state index in [0.717, 1.165) is 11.1 Å². The van der Waals surface area contributed by atoms with Gasteiger partial charge in [-0.25, -0.2) is 4.98 Å². The van der Waals surface area contributed by atoms with Crippen molar-refractivity contribution < 1.29 is 14.3 Å². The molecule has 1 atom stereocenters. The van der Waals surface area contributed by atoms with Crippen molar-refractivity contribution in [3.63, 3.8) is 0 Å². The molecule has 4 rings (SSSR count). The summed E-state index contributed by atoms with van der Waals surface area (Å²) < 4.78 is 12.0. The van der Waals surface area contributed by atoms with E-state index in [1.54, 1.807) is 26.4 Å². The number of aromatic nitrogens is 3. The highest BCUT2D eigenvalue weighted by Crippen LogP contribution is 2.43. The first-order valence-corrected chi connectivity index (χ1v) is 9.49. The van der Waals surface area contributed by atoms with Gasteiger partial charge in [-0.15, -0.1) is 5.10 Å². The molecule has 0 aliphatic carbocycles. The van der Waals surface area contributed by atoms with Crippen LogP contribution < -0.4 is 9.47 Å². The van der Waals surface area contributed by atoms with Crippen LogP contribution in [0.25, 0.3) is 11.4 Å². The summed E-state index contributed by atoms with van der Waals surface area (Å²) >= 11 is 7.44. The van der Waals surface area contributed by atoms with E-state index in [1.807, 2.05) is 30.3 Å². The minimum absolute atomic E-state index is 0.0629. The number of benzene rings is 2. The second kappa shape index (κ2) is 7.25. The standard InChI is InChI=1S/C19H16ClN3O3S/c1-25-14-8-5-12(9-15(14)26-2)16-10-17(24)23-19(27-16)21-18(22-23)11-3-6-13(20)7-4-11/h3-9,16H,10H2,1-2H3/t16-/m0/s1. The first-order chi connectivity index (χ1) is 13.1. The summed E-state index contributed by atoms with van der Waals surface area (Å²) in [6, 6.07) is 12.9. The van der Waals surface area contributed by atoms with Crippen LogP contribution >= 0.6 is 23.4 Å². The molecule has 0 saturated carbocycles. The lowest BCUT2D eigenvalue weighted by molar-refractivity contribution is 0.0868. The van der Waals surface area contributed by atoms with E-state index in [4.69, 9.17) is 21.1 Å². The third-order valence-electron chi connectivity index (χ3n) is 4.30. The fourth-order valence-electron chi connectivity index (χ4n) is 2.91. The maximum Gasteiger partial charge on any atom is 0.250 e. The predicted octanol–water partition coefficient (Wildman–Crippen LogP) is 4.49. The van der Waals surface area contributed by atoms with E-state index in [9.17, 15) is 4.79 Å². The lowest BCUT2D eigenvalue weighted by atomic mass is 10.1.